The third-order valence-corrected chi connectivity index (χ3v) is 4.03. The number of carbonyl (C=O) groups excluding carboxylic acids is 1. The molecule has 0 aromatic carbocycles. The van der Waals surface area contributed by atoms with Crippen molar-refractivity contribution in [3.05, 3.63) is 30.1 Å². The largest absolute Gasteiger partial charge is 0.481 e. The molecule has 0 aliphatic carbocycles. The molecule has 3 rings (SSSR count). The van der Waals surface area contributed by atoms with Gasteiger partial charge in [-0.15, -0.1) is 0 Å². The zero-order valence-corrected chi connectivity index (χ0v) is 13.3. The summed E-state index contributed by atoms with van der Waals surface area (Å²) in [5.74, 6) is -0.754. The number of aryl methyl sites for hydroxylation is 3. The van der Waals surface area contributed by atoms with Gasteiger partial charge < -0.3 is 10.0 Å². The number of aliphatic carboxylic acids is 1. The predicted molar refractivity (Wildman–Crippen MR) is 82.9 cm³/mol. The van der Waals surface area contributed by atoms with E-state index in [1.54, 1.807) is 11.0 Å². The van der Waals surface area contributed by atoms with E-state index in [9.17, 15) is 9.59 Å². The number of carboxylic acids is 1. The number of nitrogens with zero attached hydrogens (tertiary/aromatic N) is 6. The fraction of sp³-hybridized carbons (Fsp3) is 0.533. The molecule has 1 N–H and O–H groups in total. The summed E-state index contributed by atoms with van der Waals surface area (Å²) in [7, 11) is 0. The Hall–Kier alpha value is -2.71. The molecule has 2 aromatic heterocycles. The van der Waals surface area contributed by atoms with Gasteiger partial charge in [-0.3, -0.25) is 19.0 Å². The summed E-state index contributed by atoms with van der Waals surface area (Å²) in [6.45, 7) is 2.47. The second-order valence-corrected chi connectivity index (χ2v) is 5.82. The van der Waals surface area contributed by atoms with Crippen molar-refractivity contribution < 1.29 is 14.7 Å². The first-order valence-electron chi connectivity index (χ1n) is 7.99. The third kappa shape index (κ3) is 3.98. The third-order valence-electron chi connectivity index (χ3n) is 4.03. The molecule has 24 heavy (non-hydrogen) atoms. The average molecular weight is 332 g/mol. The average Bonchev–Trinajstić information content (AvgIpc) is 3.16. The van der Waals surface area contributed by atoms with Gasteiger partial charge in [-0.25, -0.2) is 4.98 Å². The second-order valence-electron chi connectivity index (χ2n) is 5.82. The summed E-state index contributed by atoms with van der Waals surface area (Å²) in [6.07, 6.45) is 4.74. The number of rotatable bonds is 6. The van der Waals surface area contributed by atoms with Crippen LogP contribution in [0.15, 0.2) is 18.7 Å². The van der Waals surface area contributed by atoms with Crippen LogP contribution in [0.2, 0.25) is 0 Å². The van der Waals surface area contributed by atoms with E-state index in [0.717, 1.165) is 24.4 Å². The molecule has 1 aliphatic heterocycles. The van der Waals surface area contributed by atoms with Crippen LogP contribution in [-0.2, 0) is 35.6 Å². The first-order chi connectivity index (χ1) is 11.6. The van der Waals surface area contributed by atoms with Crippen molar-refractivity contribution in [2.24, 2.45) is 0 Å². The van der Waals surface area contributed by atoms with E-state index in [0.29, 0.717) is 32.5 Å². The lowest BCUT2D eigenvalue weighted by atomic mass is 10.2. The SMILES string of the molecule is O=C(O)CCc1cc2n(n1)CCCN(C(=O)CCn1cncn1)C2. The summed E-state index contributed by atoms with van der Waals surface area (Å²) in [4.78, 5) is 28.8. The highest BCUT2D eigenvalue weighted by Gasteiger charge is 2.20. The first-order valence-corrected chi connectivity index (χ1v) is 7.99. The molecule has 0 atom stereocenters. The Morgan fingerprint density at radius 2 is 2.12 bits per heavy atom. The van der Waals surface area contributed by atoms with Gasteiger partial charge in [0.15, 0.2) is 0 Å². The maximum absolute atomic E-state index is 12.4. The van der Waals surface area contributed by atoms with Crippen LogP contribution in [0.25, 0.3) is 0 Å². The number of amides is 1. The highest BCUT2D eigenvalue weighted by Crippen LogP contribution is 2.15. The standard InChI is InChI=1S/C15H20N6O3/c22-14(4-7-20-11-16-10-17-20)19-5-1-6-21-13(9-19)8-12(18-21)2-3-15(23)24/h8,10-11H,1-7,9H2,(H,23,24). The van der Waals surface area contributed by atoms with Crippen LogP contribution in [0.3, 0.4) is 0 Å². The molecule has 0 spiro atoms. The van der Waals surface area contributed by atoms with Gasteiger partial charge in [0.1, 0.15) is 12.7 Å². The first kappa shape index (κ1) is 16.2. The van der Waals surface area contributed by atoms with Crippen LogP contribution in [0.5, 0.6) is 0 Å². The van der Waals surface area contributed by atoms with Crippen LogP contribution < -0.4 is 0 Å². The van der Waals surface area contributed by atoms with Crippen molar-refractivity contribution in [2.75, 3.05) is 6.54 Å². The highest BCUT2D eigenvalue weighted by atomic mass is 16.4. The lowest BCUT2D eigenvalue weighted by molar-refractivity contribution is -0.137. The maximum atomic E-state index is 12.4. The molecule has 0 radical (unpaired) electrons. The van der Waals surface area contributed by atoms with E-state index in [1.807, 2.05) is 15.6 Å². The van der Waals surface area contributed by atoms with Crippen molar-refractivity contribution >= 4 is 11.9 Å². The lowest BCUT2D eigenvalue weighted by Crippen LogP contribution is -2.31. The molecule has 0 fully saturated rings. The minimum absolute atomic E-state index is 0.0665. The highest BCUT2D eigenvalue weighted by molar-refractivity contribution is 5.76. The topological polar surface area (TPSA) is 106 Å². The van der Waals surface area contributed by atoms with Gasteiger partial charge in [0, 0.05) is 25.9 Å². The van der Waals surface area contributed by atoms with Crippen molar-refractivity contribution in [1.29, 1.82) is 0 Å². The Morgan fingerprint density at radius 1 is 1.25 bits per heavy atom. The Bertz CT molecular complexity index is 709. The van der Waals surface area contributed by atoms with E-state index >= 15 is 0 Å². The number of carbonyl (C=O) groups is 2. The molecule has 0 bridgehead atoms. The van der Waals surface area contributed by atoms with E-state index in [-0.39, 0.29) is 12.3 Å². The molecule has 0 saturated heterocycles. The number of aromatic nitrogens is 5. The normalized spacial score (nSPS) is 14.2. The van der Waals surface area contributed by atoms with Crippen molar-refractivity contribution in [2.45, 2.75) is 45.3 Å². The van der Waals surface area contributed by atoms with Gasteiger partial charge in [0.25, 0.3) is 0 Å². The molecular formula is C15H20N6O3. The van der Waals surface area contributed by atoms with E-state index in [4.69, 9.17) is 5.11 Å². The zero-order chi connectivity index (χ0) is 16.9. The van der Waals surface area contributed by atoms with Crippen molar-refractivity contribution in [1.82, 2.24) is 29.4 Å². The Morgan fingerprint density at radius 3 is 2.88 bits per heavy atom. The fourth-order valence-electron chi connectivity index (χ4n) is 2.81. The minimum Gasteiger partial charge on any atom is -0.481 e. The van der Waals surface area contributed by atoms with Crippen molar-refractivity contribution in [3.8, 4) is 0 Å². The van der Waals surface area contributed by atoms with Crippen molar-refractivity contribution in [3.63, 3.8) is 0 Å². The molecule has 0 unspecified atom stereocenters. The monoisotopic (exact) mass is 332 g/mol. The molecule has 9 heteroatoms. The molecule has 2 aromatic rings. The lowest BCUT2D eigenvalue weighted by Gasteiger charge is -2.19. The minimum atomic E-state index is -0.830. The Kier molecular flexibility index (Phi) is 4.88. The fourth-order valence-corrected chi connectivity index (χ4v) is 2.81. The quantitative estimate of drug-likeness (QED) is 0.816. The Labute approximate surface area is 138 Å². The predicted octanol–water partition coefficient (Wildman–Crippen LogP) is 0.314. The van der Waals surface area contributed by atoms with E-state index in [2.05, 4.69) is 15.2 Å². The summed E-state index contributed by atoms with van der Waals surface area (Å²) >= 11 is 0. The van der Waals surface area contributed by atoms with Crippen LogP contribution in [0.4, 0.5) is 0 Å². The van der Waals surface area contributed by atoms with E-state index < -0.39 is 5.97 Å². The molecule has 9 nitrogen and oxygen atoms in total. The maximum Gasteiger partial charge on any atom is 0.303 e. The summed E-state index contributed by atoms with van der Waals surface area (Å²) in [6, 6.07) is 1.91. The summed E-state index contributed by atoms with van der Waals surface area (Å²) < 4.78 is 3.53. The molecule has 128 valence electrons. The summed E-state index contributed by atoms with van der Waals surface area (Å²) in [5, 5.41) is 17.2. The van der Waals surface area contributed by atoms with E-state index in [1.165, 1.54) is 6.33 Å². The smallest absolute Gasteiger partial charge is 0.303 e. The summed E-state index contributed by atoms with van der Waals surface area (Å²) in [5.41, 5.74) is 1.73. The van der Waals surface area contributed by atoms with Gasteiger partial charge in [-0.2, -0.15) is 10.2 Å². The van der Waals surface area contributed by atoms with Gasteiger partial charge in [0.05, 0.1) is 30.9 Å². The Balaban J connectivity index is 1.60. The molecule has 0 saturated carbocycles. The van der Waals surface area contributed by atoms with Crippen LogP contribution in [-0.4, -0.2) is 53.0 Å². The number of carboxylic acid groups (broad SMARTS) is 1. The van der Waals surface area contributed by atoms with Gasteiger partial charge in [0.2, 0.25) is 5.91 Å². The second kappa shape index (κ2) is 7.24. The van der Waals surface area contributed by atoms with Crippen LogP contribution >= 0.6 is 0 Å². The number of hydrogen-bond acceptors (Lipinski definition) is 5. The van der Waals surface area contributed by atoms with Crippen LogP contribution in [0.1, 0.15) is 30.7 Å². The van der Waals surface area contributed by atoms with Crippen LogP contribution in [0, 0.1) is 0 Å². The van der Waals surface area contributed by atoms with Gasteiger partial charge in [-0.1, -0.05) is 0 Å². The molecule has 1 amide bonds. The molecule has 3 heterocycles. The van der Waals surface area contributed by atoms with Gasteiger partial charge >= 0.3 is 5.97 Å². The van der Waals surface area contributed by atoms with Gasteiger partial charge in [-0.05, 0) is 12.5 Å². The zero-order valence-electron chi connectivity index (χ0n) is 13.3. The number of hydrogen-bond donors (Lipinski definition) is 1. The molecule has 1 aliphatic rings. The molecular weight excluding hydrogens is 312 g/mol. The number of fused-ring (bicyclic) bond motifs is 1.